The van der Waals surface area contributed by atoms with Gasteiger partial charge in [-0.3, -0.25) is 0 Å². The second-order valence-electron chi connectivity index (χ2n) is 4.16. The van der Waals surface area contributed by atoms with Gasteiger partial charge in [0.2, 0.25) is 0 Å². The number of nitrogen functional groups attached to an aromatic ring is 1. The molecule has 0 bridgehead atoms. The van der Waals surface area contributed by atoms with Crippen LogP contribution in [0.25, 0.3) is 11.3 Å². The van der Waals surface area contributed by atoms with Crippen LogP contribution >= 0.6 is 0 Å². The van der Waals surface area contributed by atoms with Crippen LogP contribution in [0.4, 0.5) is 10.2 Å². The Morgan fingerprint density at radius 3 is 2.65 bits per heavy atom. The van der Waals surface area contributed by atoms with E-state index in [1.54, 1.807) is 18.2 Å². The number of aromatic nitrogens is 1. The van der Waals surface area contributed by atoms with Crippen molar-refractivity contribution in [2.75, 3.05) is 19.8 Å². The summed E-state index contributed by atoms with van der Waals surface area (Å²) in [6.45, 7) is 0.560. The van der Waals surface area contributed by atoms with Crippen molar-refractivity contribution in [3.05, 3.63) is 35.6 Å². The zero-order chi connectivity index (χ0) is 12.4. The lowest BCUT2D eigenvalue weighted by molar-refractivity contribution is 0.392. The second kappa shape index (κ2) is 4.55. The quantitative estimate of drug-likeness (QED) is 0.885. The number of hydrogen-bond donors (Lipinski definition) is 1. The fourth-order valence-electron chi connectivity index (χ4n) is 1.59. The number of rotatable bonds is 3. The standard InChI is InChI=1S/C12H14FN3O/c1-16(2)7-9-4-3-8(5-10(9)13)11-6-12(14)15-17-11/h3-6H,7H2,1-2H3,(H2,14,15). The number of halogens is 1. The van der Waals surface area contributed by atoms with Crippen molar-refractivity contribution in [3.63, 3.8) is 0 Å². The molecule has 0 atom stereocenters. The molecule has 0 unspecified atom stereocenters. The molecule has 0 aliphatic carbocycles. The fraction of sp³-hybridized carbons (Fsp3) is 0.250. The minimum atomic E-state index is -0.258. The lowest BCUT2D eigenvalue weighted by atomic mass is 10.1. The molecule has 2 rings (SSSR count). The largest absolute Gasteiger partial charge is 0.381 e. The summed E-state index contributed by atoms with van der Waals surface area (Å²) >= 11 is 0. The Morgan fingerprint density at radius 2 is 2.12 bits per heavy atom. The molecular formula is C12H14FN3O. The molecule has 2 aromatic rings. The molecule has 0 aliphatic rings. The SMILES string of the molecule is CN(C)Cc1ccc(-c2cc(N)no2)cc1F. The molecule has 0 spiro atoms. The second-order valence-corrected chi connectivity index (χ2v) is 4.16. The van der Waals surface area contributed by atoms with Crippen LogP contribution in [0.15, 0.2) is 28.8 Å². The highest BCUT2D eigenvalue weighted by Gasteiger charge is 2.09. The van der Waals surface area contributed by atoms with Crippen molar-refractivity contribution in [1.82, 2.24) is 10.1 Å². The van der Waals surface area contributed by atoms with Crippen LogP contribution in [0.3, 0.4) is 0 Å². The topological polar surface area (TPSA) is 55.3 Å². The highest BCUT2D eigenvalue weighted by Crippen LogP contribution is 2.23. The van der Waals surface area contributed by atoms with Crippen molar-refractivity contribution >= 4 is 5.82 Å². The first-order valence-electron chi connectivity index (χ1n) is 5.22. The maximum atomic E-state index is 13.8. The average molecular weight is 235 g/mol. The first-order valence-corrected chi connectivity index (χ1v) is 5.22. The average Bonchev–Trinajstić information content (AvgIpc) is 2.67. The van der Waals surface area contributed by atoms with Gasteiger partial charge >= 0.3 is 0 Å². The normalized spacial score (nSPS) is 11.1. The van der Waals surface area contributed by atoms with E-state index in [0.717, 1.165) is 0 Å². The van der Waals surface area contributed by atoms with E-state index in [9.17, 15) is 4.39 Å². The zero-order valence-corrected chi connectivity index (χ0v) is 9.77. The molecule has 0 radical (unpaired) electrons. The van der Waals surface area contributed by atoms with Crippen LogP contribution in [0, 0.1) is 5.82 Å². The van der Waals surface area contributed by atoms with Gasteiger partial charge in [0.05, 0.1) is 0 Å². The molecule has 1 aromatic heterocycles. The molecule has 4 nitrogen and oxygen atoms in total. The zero-order valence-electron chi connectivity index (χ0n) is 9.77. The first-order chi connectivity index (χ1) is 8.06. The number of benzene rings is 1. The molecule has 5 heteroatoms. The minimum absolute atomic E-state index is 0.258. The van der Waals surface area contributed by atoms with Crippen LogP contribution in [0.2, 0.25) is 0 Å². The molecule has 90 valence electrons. The van der Waals surface area contributed by atoms with Crippen LogP contribution in [-0.2, 0) is 6.54 Å². The Hall–Kier alpha value is -1.88. The Kier molecular flexibility index (Phi) is 3.10. The van der Waals surface area contributed by atoms with E-state index in [1.807, 2.05) is 19.0 Å². The Morgan fingerprint density at radius 1 is 1.35 bits per heavy atom. The third kappa shape index (κ3) is 2.62. The van der Waals surface area contributed by atoms with E-state index in [2.05, 4.69) is 5.16 Å². The lowest BCUT2D eigenvalue weighted by Crippen LogP contribution is -2.11. The molecule has 2 N–H and O–H groups in total. The summed E-state index contributed by atoms with van der Waals surface area (Å²) in [5, 5.41) is 3.57. The Labute approximate surface area is 98.8 Å². The summed E-state index contributed by atoms with van der Waals surface area (Å²) in [6.07, 6.45) is 0. The third-order valence-electron chi connectivity index (χ3n) is 2.35. The van der Waals surface area contributed by atoms with Gasteiger partial charge in [0.25, 0.3) is 0 Å². The van der Waals surface area contributed by atoms with Gasteiger partial charge in [0.15, 0.2) is 11.6 Å². The maximum absolute atomic E-state index is 13.8. The van der Waals surface area contributed by atoms with Gasteiger partial charge in [-0.25, -0.2) is 4.39 Å². The van der Waals surface area contributed by atoms with E-state index >= 15 is 0 Å². The number of nitrogens with two attached hydrogens (primary N) is 1. The van der Waals surface area contributed by atoms with Crippen LogP contribution in [-0.4, -0.2) is 24.2 Å². The Bertz CT molecular complexity index is 522. The predicted octanol–water partition coefficient (Wildman–Crippen LogP) is 2.12. The van der Waals surface area contributed by atoms with E-state index in [-0.39, 0.29) is 11.6 Å². The van der Waals surface area contributed by atoms with Gasteiger partial charge in [-0.2, -0.15) is 0 Å². The number of nitrogens with zero attached hydrogens (tertiary/aromatic N) is 2. The molecule has 0 amide bonds. The van der Waals surface area contributed by atoms with Gasteiger partial charge in [0, 0.05) is 23.7 Å². The molecule has 17 heavy (non-hydrogen) atoms. The number of anilines is 1. The maximum Gasteiger partial charge on any atom is 0.169 e. The highest BCUT2D eigenvalue weighted by atomic mass is 19.1. The molecule has 0 saturated carbocycles. The van der Waals surface area contributed by atoms with Crippen LogP contribution in [0.1, 0.15) is 5.56 Å². The Balaban J connectivity index is 2.30. The van der Waals surface area contributed by atoms with Gasteiger partial charge in [-0.15, -0.1) is 0 Å². The predicted molar refractivity (Wildman–Crippen MR) is 63.7 cm³/mol. The van der Waals surface area contributed by atoms with Crippen LogP contribution in [0.5, 0.6) is 0 Å². The summed E-state index contributed by atoms with van der Waals surface area (Å²) in [5.41, 5.74) is 6.72. The summed E-state index contributed by atoms with van der Waals surface area (Å²) in [4.78, 5) is 1.91. The minimum Gasteiger partial charge on any atom is -0.381 e. The monoisotopic (exact) mass is 235 g/mol. The lowest BCUT2D eigenvalue weighted by Gasteiger charge is -2.10. The third-order valence-corrected chi connectivity index (χ3v) is 2.35. The van der Waals surface area contributed by atoms with Gasteiger partial charge in [0.1, 0.15) is 5.82 Å². The van der Waals surface area contributed by atoms with Crippen molar-refractivity contribution < 1.29 is 8.91 Å². The van der Waals surface area contributed by atoms with Crippen molar-refractivity contribution in [1.29, 1.82) is 0 Å². The summed E-state index contributed by atoms with van der Waals surface area (Å²) in [6, 6.07) is 6.53. The van der Waals surface area contributed by atoms with Crippen molar-refractivity contribution in [2.24, 2.45) is 0 Å². The van der Waals surface area contributed by atoms with E-state index in [1.165, 1.54) is 6.07 Å². The molecule has 0 saturated heterocycles. The summed E-state index contributed by atoms with van der Waals surface area (Å²) < 4.78 is 18.8. The first kappa shape index (κ1) is 11.6. The van der Waals surface area contributed by atoms with Crippen molar-refractivity contribution in [3.8, 4) is 11.3 Å². The van der Waals surface area contributed by atoms with Crippen molar-refractivity contribution in [2.45, 2.75) is 6.54 Å². The molecule has 1 heterocycles. The highest BCUT2D eigenvalue weighted by molar-refractivity contribution is 5.60. The molecular weight excluding hydrogens is 221 g/mol. The fourth-order valence-corrected chi connectivity index (χ4v) is 1.59. The molecule has 0 fully saturated rings. The molecule has 1 aromatic carbocycles. The number of hydrogen-bond acceptors (Lipinski definition) is 4. The molecule has 0 aliphatic heterocycles. The van der Waals surface area contributed by atoms with Gasteiger partial charge in [-0.05, 0) is 20.2 Å². The van der Waals surface area contributed by atoms with Gasteiger partial charge < -0.3 is 15.2 Å². The van der Waals surface area contributed by atoms with E-state index in [4.69, 9.17) is 10.3 Å². The summed E-state index contributed by atoms with van der Waals surface area (Å²) in [7, 11) is 3.79. The van der Waals surface area contributed by atoms with E-state index in [0.29, 0.717) is 23.4 Å². The van der Waals surface area contributed by atoms with E-state index < -0.39 is 0 Å². The van der Waals surface area contributed by atoms with Crippen LogP contribution < -0.4 is 5.73 Å². The summed E-state index contributed by atoms with van der Waals surface area (Å²) in [5.74, 6) is 0.502. The smallest absolute Gasteiger partial charge is 0.169 e. The van der Waals surface area contributed by atoms with Gasteiger partial charge in [-0.1, -0.05) is 17.3 Å².